The number of aromatic nitrogens is 2. The minimum atomic E-state index is 0.0632. The van der Waals surface area contributed by atoms with Crippen LogP contribution in [0.25, 0.3) is 0 Å². The number of likely N-dealkylation sites (N-methyl/N-ethyl adjacent to an activating group) is 1. The molecule has 2 rings (SSSR count). The Labute approximate surface area is 106 Å². The van der Waals surface area contributed by atoms with Crippen molar-refractivity contribution in [1.29, 1.82) is 0 Å². The van der Waals surface area contributed by atoms with Gasteiger partial charge >= 0.3 is 0 Å². The molecule has 0 radical (unpaired) electrons. The van der Waals surface area contributed by atoms with Gasteiger partial charge < -0.3 is 10.7 Å². The molecule has 1 aromatic rings. The zero-order valence-electron chi connectivity index (χ0n) is 10.4. The summed E-state index contributed by atoms with van der Waals surface area (Å²) in [6.07, 6.45) is 5.42. The normalized spacial score (nSPS) is 14.6. The highest BCUT2D eigenvalue weighted by Crippen LogP contribution is 2.18. The molecule has 4 N–H and O–H groups in total. The Kier molecular flexibility index (Phi) is 4.06. The molecule has 1 heterocycles. The molecule has 18 heavy (non-hydrogen) atoms. The standard InChI is InChI=1S/C11H18N6O/c1-17(7-11(18)15-8-2-3-8)6-9-4-14-10(16-12)5-13-9/h4-5,8H,2-3,6-7,12H2,1H3,(H,14,16)(H,15,18). The lowest BCUT2D eigenvalue weighted by molar-refractivity contribution is -0.122. The van der Waals surface area contributed by atoms with Crippen molar-refractivity contribution in [2.75, 3.05) is 19.0 Å². The summed E-state index contributed by atoms with van der Waals surface area (Å²) in [6, 6.07) is 0.403. The third kappa shape index (κ3) is 3.94. The summed E-state index contributed by atoms with van der Waals surface area (Å²) in [7, 11) is 1.88. The Balaban J connectivity index is 1.77. The average Bonchev–Trinajstić information content (AvgIpc) is 3.13. The molecule has 1 aliphatic rings. The van der Waals surface area contributed by atoms with E-state index in [4.69, 9.17) is 5.84 Å². The lowest BCUT2D eigenvalue weighted by Gasteiger charge is -2.15. The van der Waals surface area contributed by atoms with Gasteiger partial charge in [-0.3, -0.25) is 14.7 Å². The fourth-order valence-corrected chi connectivity index (χ4v) is 1.59. The second-order valence-corrected chi connectivity index (χ2v) is 4.55. The highest BCUT2D eigenvalue weighted by Gasteiger charge is 2.23. The number of nitrogens with one attached hydrogen (secondary N) is 2. The summed E-state index contributed by atoms with van der Waals surface area (Å²) in [5, 5.41) is 2.95. The van der Waals surface area contributed by atoms with E-state index in [0.29, 0.717) is 24.9 Å². The van der Waals surface area contributed by atoms with Crippen LogP contribution in [-0.4, -0.2) is 40.4 Å². The van der Waals surface area contributed by atoms with E-state index in [9.17, 15) is 4.79 Å². The third-order valence-electron chi connectivity index (χ3n) is 2.64. The van der Waals surface area contributed by atoms with Gasteiger partial charge in [0.15, 0.2) is 5.82 Å². The highest BCUT2D eigenvalue weighted by molar-refractivity contribution is 5.78. The topological polar surface area (TPSA) is 96.2 Å². The number of nitrogen functional groups attached to an aromatic ring is 1. The molecule has 0 aliphatic heterocycles. The first-order valence-corrected chi connectivity index (χ1v) is 5.93. The van der Waals surface area contributed by atoms with Crippen molar-refractivity contribution in [2.24, 2.45) is 5.84 Å². The summed E-state index contributed by atoms with van der Waals surface area (Å²) in [6.45, 7) is 0.949. The number of anilines is 1. The zero-order valence-corrected chi connectivity index (χ0v) is 10.4. The number of amides is 1. The van der Waals surface area contributed by atoms with Gasteiger partial charge in [-0.15, -0.1) is 0 Å². The largest absolute Gasteiger partial charge is 0.352 e. The first kappa shape index (κ1) is 12.7. The van der Waals surface area contributed by atoms with Crippen LogP contribution in [0.2, 0.25) is 0 Å². The van der Waals surface area contributed by atoms with Crippen LogP contribution in [0.15, 0.2) is 12.4 Å². The molecule has 0 bridgehead atoms. The first-order valence-electron chi connectivity index (χ1n) is 5.93. The van der Waals surface area contributed by atoms with Crippen molar-refractivity contribution in [3.8, 4) is 0 Å². The fourth-order valence-electron chi connectivity index (χ4n) is 1.59. The van der Waals surface area contributed by atoms with Gasteiger partial charge in [-0.1, -0.05) is 0 Å². The number of nitrogens with two attached hydrogens (primary N) is 1. The lowest BCUT2D eigenvalue weighted by atomic mass is 10.4. The molecule has 98 valence electrons. The van der Waals surface area contributed by atoms with Gasteiger partial charge in [0, 0.05) is 12.6 Å². The molecule has 0 spiro atoms. The molecule has 1 aromatic heterocycles. The van der Waals surface area contributed by atoms with E-state index in [-0.39, 0.29) is 5.91 Å². The maximum Gasteiger partial charge on any atom is 0.234 e. The van der Waals surface area contributed by atoms with Gasteiger partial charge in [0.1, 0.15) is 0 Å². The average molecular weight is 250 g/mol. The molecule has 1 fully saturated rings. The summed E-state index contributed by atoms with van der Waals surface area (Å²) >= 11 is 0. The molecule has 0 unspecified atom stereocenters. The smallest absolute Gasteiger partial charge is 0.234 e. The summed E-state index contributed by atoms with van der Waals surface area (Å²) in [4.78, 5) is 21.7. The summed E-state index contributed by atoms with van der Waals surface area (Å²) < 4.78 is 0. The van der Waals surface area contributed by atoms with Gasteiger partial charge in [-0.25, -0.2) is 10.8 Å². The molecule has 0 atom stereocenters. The molecule has 0 saturated heterocycles. The molecule has 0 aromatic carbocycles. The second kappa shape index (κ2) is 5.74. The van der Waals surface area contributed by atoms with Crippen molar-refractivity contribution >= 4 is 11.7 Å². The van der Waals surface area contributed by atoms with Crippen LogP contribution in [0.1, 0.15) is 18.5 Å². The molecule has 7 nitrogen and oxygen atoms in total. The van der Waals surface area contributed by atoms with Crippen LogP contribution in [0.3, 0.4) is 0 Å². The lowest BCUT2D eigenvalue weighted by Crippen LogP contribution is -2.36. The maximum absolute atomic E-state index is 11.6. The Morgan fingerprint density at radius 3 is 2.83 bits per heavy atom. The predicted molar refractivity (Wildman–Crippen MR) is 67.3 cm³/mol. The van der Waals surface area contributed by atoms with Gasteiger partial charge in [-0.05, 0) is 19.9 Å². The fraction of sp³-hybridized carbons (Fsp3) is 0.545. The Morgan fingerprint density at radius 1 is 1.50 bits per heavy atom. The van der Waals surface area contributed by atoms with Crippen molar-refractivity contribution in [3.63, 3.8) is 0 Å². The SMILES string of the molecule is CN(CC(=O)NC1CC1)Cc1cnc(NN)cn1. The van der Waals surface area contributed by atoms with Crippen molar-refractivity contribution in [1.82, 2.24) is 20.2 Å². The molecule has 1 amide bonds. The molecule has 7 heteroatoms. The summed E-state index contributed by atoms with van der Waals surface area (Å²) in [5.74, 6) is 5.79. The molecule has 1 aliphatic carbocycles. The van der Waals surface area contributed by atoms with E-state index >= 15 is 0 Å². The Bertz CT molecular complexity index is 402. The van der Waals surface area contributed by atoms with Gasteiger partial charge in [0.2, 0.25) is 5.91 Å². The zero-order chi connectivity index (χ0) is 13.0. The van der Waals surface area contributed by atoms with Crippen LogP contribution in [0.5, 0.6) is 0 Å². The quantitative estimate of drug-likeness (QED) is 0.464. The van der Waals surface area contributed by atoms with Crippen LogP contribution >= 0.6 is 0 Å². The van der Waals surface area contributed by atoms with E-state index in [2.05, 4.69) is 20.7 Å². The second-order valence-electron chi connectivity index (χ2n) is 4.55. The van der Waals surface area contributed by atoms with Gasteiger partial charge in [0.05, 0.1) is 24.6 Å². The predicted octanol–water partition coefficient (Wildman–Crippen LogP) is -0.527. The number of carbonyl (C=O) groups is 1. The first-order chi connectivity index (χ1) is 8.67. The minimum Gasteiger partial charge on any atom is -0.352 e. The number of hydrogen-bond acceptors (Lipinski definition) is 6. The Hall–Kier alpha value is -1.73. The van der Waals surface area contributed by atoms with Crippen molar-refractivity contribution in [2.45, 2.75) is 25.4 Å². The molecular formula is C11H18N6O. The highest BCUT2D eigenvalue weighted by atomic mass is 16.2. The van der Waals surface area contributed by atoms with Crippen molar-refractivity contribution < 1.29 is 4.79 Å². The number of rotatable bonds is 6. The number of hydrazine groups is 1. The van der Waals surface area contributed by atoms with Crippen molar-refractivity contribution in [3.05, 3.63) is 18.1 Å². The van der Waals surface area contributed by atoms with E-state index < -0.39 is 0 Å². The number of nitrogens with zero attached hydrogens (tertiary/aromatic N) is 3. The number of carbonyl (C=O) groups excluding carboxylic acids is 1. The van der Waals surface area contributed by atoms with E-state index in [1.807, 2.05) is 11.9 Å². The molecule has 1 saturated carbocycles. The van der Waals surface area contributed by atoms with Crippen LogP contribution in [0.4, 0.5) is 5.82 Å². The van der Waals surface area contributed by atoms with E-state index in [1.165, 1.54) is 0 Å². The monoisotopic (exact) mass is 250 g/mol. The van der Waals surface area contributed by atoms with Crippen LogP contribution in [-0.2, 0) is 11.3 Å². The van der Waals surface area contributed by atoms with E-state index in [1.54, 1.807) is 12.4 Å². The third-order valence-corrected chi connectivity index (χ3v) is 2.64. The minimum absolute atomic E-state index is 0.0632. The van der Waals surface area contributed by atoms with Crippen LogP contribution in [0, 0.1) is 0 Å². The van der Waals surface area contributed by atoms with Crippen LogP contribution < -0.4 is 16.6 Å². The van der Waals surface area contributed by atoms with E-state index in [0.717, 1.165) is 18.5 Å². The molecular weight excluding hydrogens is 232 g/mol. The maximum atomic E-state index is 11.6. The Morgan fingerprint density at radius 2 is 2.28 bits per heavy atom. The summed E-state index contributed by atoms with van der Waals surface area (Å²) in [5.41, 5.74) is 3.22. The number of hydrogen-bond donors (Lipinski definition) is 3. The van der Waals surface area contributed by atoms with Gasteiger partial charge in [0.25, 0.3) is 0 Å². The van der Waals surface area contributed by atoms with Gasteiger partial charge in [-0.2, -0.15) is 0 Å².